The first-order valence-corrected chi connectivity index (χ1v) is 4.81. The third-order valence-electron chi connectivity index (χ3n) is 1.42. The molecule has 0 aliphatic rings. The Labute approximate surface area is 76.8 Å². The summed E-state index contributed by atoms with van der Waals surface area (Å²) >= 11 is 1.70. The Morgan fingerprint density at radius 3 is 3.17 bits per heavy atom. The van der Waals surface area contributed by atoms with Gasteiger partial charge in [-0.15, -0.1) is 11.3 Å². The van der Waals surface area contributed by atoms with E-state index in [1.807, 2.05) is 6.20 Å². The number of ether oxygens (including phenoxy) is 1. The maximum Gasteiger partial charge on any atom is 0.119 e. The van der Waals surface area contributed by atoms with Crippen LogP contribution < -0.4 is 5.32 Å². The van der Waals surface area contributed by atoms with E-state index in [-0.39, 0.29) is 0 Å². The van der Waals surface area contributed by atoms with Crippen molar-refractivity contribution in [3.8, 4) is 0 Å². The van der Waals surface area contributed by atoms with Gasteiger partial charge in [-0.1, -0.05) is 6.92 Å². The second-order valence-electron chi connectivity index (χ2n) is 2.43. The molecular weight excluding hydrogens is 172 g/mol. The average molecular weight is 186 g/mol. The van der Waals surface area contributed by atoms with Gasteiger partial charge in [0.15, 0.2) is 0 Å². The molecule has 1 rings (SSSR count). The van der Waals surface area contributed by atoms with Gasteiger partial charge in [-0.3, -0.25) is 0 Å². The molecule has 1 heterocycles. The fourth-order valence-electron chi connectivity index (χ4n) is 0.868. The number of hydrogen-bond donors (Lipinski definition) is 1. The van der Waals surface area contributed by atoms with Crippen molar-refractivity contribution in [1.82, 2.24) is 10.3 Å². The zero-order chi connectivity index (χ0) is 8.81. The summed E-state index contributed by atoms with van der Waals surface area (Å²) in [7, 11) is 1.69. The van der Waals surface area contributed by atoms with Crippen molar-refractivity contribution in [2.24, 2.45) is 0 Å². The molecule has 0 aliphatic heterocycles. The van der Waals surface area contributed by atoms with Crippen LogP contribution in [-0.4, -0.2) is 18.6 Å². The Morgan fingerprint density at radius 2 is 2.50 bits per heavy atom. The number of methoxy groups -OCH3 is 1. The highest BCUT2D eigenvalue weighted by Crippen LogP contribution is 2.12. The van der Waals surface area contributed by atoms with Gasteiger partial charge >= 0.3 is 0 Å². The number of nitrogens with zero attached hydrogens (tertiary/aromatic N) is 1. The van der Waals surface area contributed by atoms with Crippen molar-refractivity contribution in [2.75, 3.05) is 13.7 Å². The first-order valence-electron chi connectivity index (χ1n) is 4.00. The molecule has 0 atom stereocenters. The molecule has 0 saturated heterocycles. The van der Waals surface area contributed by atoms with Crippen LogP contribution in [0.3, 0.4) is 0 Å². The van der Waals surface area contributed by atoms with Crippen LogP contribution in [0.25, 0.3) is 0 Å². The summed E-state index contributed by atoms with van der Waals surface area (Å²) in [6, 6.07) is 0. The Bertz CT molecular complexity index is 225. The molecular formula is C8H14N2OS. The normalized spacial score (nSPS) is 10.5. The maximum atomic E-state index is 4.97. The molecule has 0 fully saturated rings. The zero-order valence-corrected chi connectivity index (χ0v) is 8.28. The number of rotatable bonds is 5. The van der Waals surface area contributed by atoms with E-state index in [0.717, 1.165) is 18.1 Å². The number of aromatic nitrogens is 1. The lowest BCUT2D eigenvalue weighted by molar-refractivity contribution is 0.184. The van der Waals surface area contributed by atoms with Crippen molar-refractivity contribution in [2.45, 2.75) is 20.1 Å². The van der Waals surface area contributed by atoms with Gasteiger partial charge in [-0.25, -0.2) is 4.98 Å². The van der Waals surface area contributed by atoms with Crippen LogP contribution in [0.5, 0.6) is 0 Å². The molecule has 0 saturated carbocycles. The van der Waals surface area contributed by atoms with Gasteiger partial charge in [0.25, 0.3) is 0 Å². The molecule has 0 amide bonds. The van der Waals surface area contributed by atoms with Crippen molar-refractivity contribution in [1.29, 1.82) is 0 Å². The van der Waals surface area contributed by atoms with E-state index in [4.69, 9.17) is 4.74 Å². The van der Waals surface area contributed by atoms with Gasteiger partial charge < -0.3 is 10.1 Å². The smallest absolute Gasteiger partial charge is 0.119 e. The minimum absolute atomic E-state index is 0.622. The second kappa shape index (κ2) is 5.24. The fraction of sp³-hybridized carbons (Fsp3) is 0.625. The highest BCUT2D eigenvalue weighted by Gasteiger charge is 1.99. The number of nitrogens with one attached hydrogen (secondary N) is 1. The number of hydrogen-bond acceptors (Lipinski definition) is 4. The largest absolute Gasteiger partial charge is 0.378 e. The van der Waals surface area contributed by atoms with Crippen LogP contribution in [0.15, 0.2) is 6.20 Å². The van der Waals surface area contributed by atoms with Crippen LogP contribution >= 0.6 is 11.3 Å². The summed E-state index contributed by atoms with van der Waals surface area (Å²) in [6.07, 6.45) is 1.90. The maximum absolute atomic E-state index is 4.97. The topological polar surface area (TPSA) is 34.2 Å². The second-order valence-corrected chi connectivity index (χ2v) is 3.63. The lowest BCUT2D eigenvalue weighted by atomic mass is 10.5. The van der Waals surface area contributed by atoms with Crippen molar-refractivity contribution in [3.05, 3.63) is 16.1 Å². The van der Waals surface area contributed by atoms with Crippen molar-refractivity contribution >= 4 is 11.3 Å². The molecule has 12 heavy (non-hydrogen) atoms. The van der Waals surface area contributed by atoms with E-state index in [9.17, 15) is 0 Å². The monoisotopic (exact) mass is 186 g/mol. The van der Waals surface area contributed by atoms with Gasteiger partial charge in [-0.2, -0.15) is 0 Å². The van der Waals surface area contributed by atoms with Crippen LogP contribution in [0.2, 0.25) is 0 Å². The molecule has 68 valence electrons. The van der Waals surface area contributed by atoms with E-state index >= 15 is 0 Å². The molecule has 0 bridgehead atoms. The third kappa shape index (κ3) is 2.89. The van der Waals surface area contributed by atoms with Crippen molar-refractivity contribution in [3.63, 3.8) is 0 Å². The van der Waals surface area contributed by atoms with Crippen LogP contribution in [0.1, 0.15) is 16.8 Å². The summed E-state index contributed by atoms with van der Waals surface area (Å²) in [5, 5.41) is 4.30. The average Bonchev–Trinajstić information content (AvgIpc) is 2.50. The third-order valence-corrected chi connectivity index (χ3v) is 2.39. The van der Waals surface area contributed by atoms with Crippen molar-refractivity contribution < 1.29 is 4.74 Å². The van der Waals surface area contributed by atoms with Gasteiger partial charge in [-0.05, 0) is 6.54 Å². The molecule has 1 N–H and O–H groups in total. The van der Waals surface area contributed by atoms with Gasteiger partial charge in [0, 0.05) is 24.7 Å². The lowest BCUT2D eigenvalue weighted by Gasteiger charge is -1.95. The predicted molar refractivity (Wildman–Crippen MR) is 50.2 cm³/mol. The summed E-state index contributed by atoms with van der Waals surface area (Å²) in [5.74, 6) is 0. The minimum atomic E-state index is 0.622. The Kier molecular flexibility index (Phi) is 4.21. The molecule has 0 aromatic carbocycles. The predicted octanol–water partition coefficient (Wildman–Crippen LogP) is 1.40. The van der Waals surface area contributed by atoms with E-state index in [2.05, 4.69) is 17.2 Å². The quantitative estimate of drug-likeness (QED) is 0.754. The SMILES string of the molecule is CCNCc1cnc(COC)s1. The molecule has 1 aromatic heterocycles. The summed E-state index contributed by atoms with van der Waals surface area (Å²) in [5.41, 5.74) is 0. The summed E-state index contributed by atoms with van der Waals surface area (Å²) in [4.78, 5) is 5.48. The van der Waals surface area contributed by atoms with Gasteiger partial charge in [0.2, 0.25) is 0 Å². The molecule has 0 unspecified atom stereocenters. The Morgan fingerprint density at radius 1 is 1.67 bits per heavy atom. The van der Waals surface area contributed by atoms with E-state index < -0.39 is 0 Å². The van der Waals surface area contributed by atoms with Crippen LogP contribution in [-0.2, 0) is 17.9 Å². The minimum Gasteiger partial charge on any atom is -0.378 e. The summed E-state index contributed by atoms with van der Waals surface area (Å²) < 4.78 is 4.97. The first kappa shape index (κ1) is 9.64. The standard InChI is InChI=1S/C8H14N2OS/c1-3-9-4-7-5-10-8(12-7)6-11-2/h5,9H,3-4,6H2,1-2H3. The summed E-state index contributed by atoms with van der Waals surface area (Å²) in [6.45, 7) is 4.63. The molecule has 4 heteroatoms. The highest BCUT2D eigenvalue weighted by atomic mass is 32.1. The zero-order valence-electron chi connectivity index (χ0n) is 7.46. The Balaban J connectivity index is 2.41. The lowest BCUT2D eigenvalue weighted by Crippen LogP contribution is -2.10. The first-order chi connectivity index (χ1) is 5.86. The molecule has 0 spiro atoms. The Hall–Kier alpha value is -0.450. The number of thiazole rings is 1. The van der Waals surface area contributed by atoms with E-state index in [0.29, 0.717) is 6.61 Å². The molecule has 0 radical (unpaired) electrons. The van der Waals surface area contributed by atoms with Crippen LogP contribution in [0.4, 0.5) is 0 Å². The molecule has 0 aliphatic carbocycles. The molecule has 1 aromatic rings. The van der Waals surface area contributed by atoms with Gasteiger partial charge in [0.1, 0.15) is 5.01 Å². The van der Waals surface area contributed by atoms with Crippen LogP contribution in [0, 0.1) is 0 Å². The molecule has 3 nitrogen and oxygen atoms in total. The van der Waals surface area contributed by atoms with E-state index in [1.54, 1.807) is 18.4 Å². The van der Waals surface area contributed by atoms with E-state index in [1.165, 1.54) is 4.88 Å². The highest BCUT2D eigenvalue weighted by molar-refractivity contribution is 7.11. The fourth-order valence-corrected chi connectivity index (χ4v) is 1.73. The van der Waals surface area contributed by atoms with Gasteiger partial charge in [0.05, 0.1) is 6.61 Å².